The van der Waals surface area contributed by atoms with Crippen molar-refractivity contribution in [3.63, 3.8) is 0 Å². The second kappa shape index (κ2) is 4.15. The Morgan fingerprint density at radius 2 is 2.43 bits per heavy atom. The van der Waals surface area contributed by atoms with Gasteiger partial charge in [-0.3, -0.25) is 0 Å². The van der Waals surface area contributed by atoms with Gasteiger partial charge in [-0.15, -0.1) is 0 Å². The number of hydrogen-bond donors (Lipinski definition) is 2. The average Bonchev–Trinajstić information content (AvgIpc) is 1.68. The standard InChI is InChI=1S/C4H9NOS/c5-4(3-6)1-2-7/h3-4,7H,1-2,5H2/t4-/m0/s1. The molecule has 0 bridgehead atoms. The Kier molecular flexibility index (Phi) is 4.14. The van der Waals surface area contributed by atoms with Gasteiger partial charge in [0.25, 0.3) is 0 Å². The van der Waals surface area contributed by atoms with Gasteiger partial charge in [-0.1, -0.05) is 0 Å². The number of rotatable bonds is 3. The van der Waals surface area contributed by atoms with E-state index in [4.69, 9.17) is 5.73 Å². The Hall–Kier alpha value is -0.0200. The molecule has 0 saturated heterocycles. The van der Waals surface area contributed by atoms with E-state index >= 15 is 0 Å². The molecule has 0 aromatic heterocycles. The molecule has 0 amide bonds. The van der Waals surface area contributed by atoms with Gasteiger partial charge in [0, 0.05) is 0 Å². The highest BCUT2D eigenvalue weighted by Crippen LogP contribution is 1.84. The Labute approximate surface area is 48.5 Å². The largest absolute Gasteiger partial charge is 0.322 e. The van der Waals surface area contributed by atoms with E-state index in [9.17, 15) is 4.79 Å². The molecule has 0 radical (unpaired) electrons. The SMILES string of the molecule is N[C@H](C=O)CCS. The molecule has 0 rings (SSSR count). The van der Waals surface area contributed by atoms with Crippen molar-refractivity contribution in [3.05, 3.63) is 0 Å². The maximum Gasteiger partial charge on any atom is 0.136 e. The van der Waals surface area contributed by atoms with Crippen LogP contribution in [0, 0.1) is 0 Å². The summed E-state index contributed by atoms with van der Waals surface area (Å²) in [5, 5.41) is 0. The molecule has 42 valence electrons. The fraction of sp³-hybridized carbons (Fsp3) is 0.750. The lowest BCUT2D eigenvalue weighted by Crippen LogP contribution is -2.21. The summed E-state index contributed by atoms with van der Waals surface area (Å²) in [6.45, 7) is 0. The van der Waals surface area contributed by atoms with E-state index in [0.717, 1.165) is 6.29 Å². The van der Waals surface area contributed by atoms with Crippen molar-refractivity contribution in [2.75, 3.05) is 5.75 Å². The molecule has 0 saturated carbocycles. The van der Waals surface area contributed by atoms with Gasteiger partial charge in [-0.2, -0.15) is 12.6 Å². The average molecular weight is 119 g/mol. The summed E-state index contributed by atoms with van der Waals surface area (Å²) in [6.07, 6.45) is 1.41. The van der Waals surface area contributed by atoms with Gasteiger partial charge in [0.15, 0.2) is 0 Å². The van der Waals surface area contributed by atoms with Crippen LogP contribution in [0.4, 0.5) is 0 Å². The quantitative estimate of drug-likeness (QED) is 0.400. The molecular formula is C4H9NOS. The molecule has 0 spiro atoms. The Morgan fingerprint density at radius 3 is 2.57 bits per heavy atom. The number of carbonyl (C=O) groups is 1. The summed E-state index contributed by atoms with van der Waals surface area (Å²) in [7, 11) is 0. The molecule has 2 N–H and O–H groups in total. The highest BCUT2D eigenvalue weighted by Gasteiger charge is 1.93. The molecule has 0 fully saturated rings. The van der Waals surface area contributed by atoms with Crippen molar-refractivity contribution in [2.24, 2.45) is 5.73 Å². The minimum atomic E-state index is -0.308. The van der Waals surface area contributed by atoms with Gasteiger partial charge in [0.2, 0.25) is 0 Å². The van der Waals surface area contributed by atoms with Crippen LogP contribution >= 0.6 is 12.6 Å². The zero-order valence-corrected chi connectivity index (χ0v) is 4.90. The molecule has 0 aromatic rings. The third-order valence-electron chi connectivity index (χ3n) is 0.637. The Balaban J connectivity index is 2.98. The fourth-order valence-corrected chi connectivity index (χ4v) is 0.515. The monoisotopic (exact) mass is 119 g/mol. The summed E-state index contributed by atoms with van der Waals surface area (Å²) in [5.74, 6) is 0.680. The van der Waals surface area contributed by atoms with Crippen LogP contribution in [-0.2, 0) is 4.79 Å². The van der Waals surface area contributed by atoms with Gasteiger partial charge in [0.05, 0.1) is 6.04 Å². The van der Waals surface area contributed by atoms with Crippen LogP contribution in [0.2, 0.25) is 0 Å². The van der Waals surface area contributed by atoms with Crippen LogP contribution in [0.3, 0.4) is 0 Å². The first-order valence-electron chi connectivity index (χ1n) is 2.13. The Morgan fingerprint density at radius 1 is 1.86 bits per heavy atom. The zero-order chi connectivity index (χ0) is 5.70. The number of nitrogens with two attached hydrogens (primary N) is 1. The lowest BCUT2D eigenvalue weighted by Gasteiger charge is -1.95. The van der Waals surface area contributed by atoms with Crippen molar-refractivity contribution in [3.8, 4) is 0 Å². The lowest BCUT2D eigenvalue weighted by molar-refractivity contribution is -0.108. The highest BCUT2D eigenvalue weighted by atomic mass is 32.1. The third-order valence-corrected chi connectivity index (χ3v) is 0.895. The minimum absolute atomic E-state index is 0.308. The topological polar surface area (TPSA) is 43.1 Å². The summed E-state index contributed by atoms with van der Waals surface area (Å²) >= 11 is 3.88. The predicted octanol–water partition coefficient (Wildman–Crippen LogP) is -0.167. The first-order valence-corrected chi connectivity index (χ1v) is 2.76. The molecule has 0 heterocycles. The van der Waals surface area contributed by atoms with E-state index in [0.29, 0.717) is 12.2 Å². The molecule has 7 heavy (non-hydrogen) atoms. The molecule has 3 heteroatoms. The second-order valence-electron chi connectivity index (χ2n) is 1.31. The van der Waals surface area contributed by atoms with Gasteiger partial charge < -0.3 is 10.5 Å². The molecule has 0 unspecified atom stereocenters. The molecule has 0 aromatic carbocycles. The summed E-state index contributed by atoms with van der Waals surface area (Å²) < 4.78 is 0. The number of aldehydes is 1. The van der Waals surface area contributed by atoms with Crippen molar-refractivity contribution in [1.29, 1.82) is 0 Å². The van der Waals surface area contributed by atoms with Crippen LogP contribution < -0.4 is 5.73 Å². The zero-order valence-electron chi connectivity index (χ0n) is 4.00. The number of carbonyl (C=O) groups excluding carboxylic acids is 1. The van der Waals surface area contributed by atoms with Crippen molar-refractivity contribution in [1.82, 2.24) is 0 Å². The van der Waals surface area contributed by atoms with Gasteiger partial charge >= 0.3 is 0 Å². The van der Waals surface area contributed by atoms with Crippen LogP contribution in [0.15, 0.2) is 0 Å². The normalized spacial score (nSPS) is 13.4. The molecule has 0 aliphatic heterocycles. The van der Waals surface area contributed by atoms with E-state index < -0.39 is 0 Å². The highest BCUT2D eigenvalue weighted by molar-refractivity contribution is 7.80. The summed E-state index contributed by atoms with van der Waals surface area (Å²) in [5.41, 5.74) is 5.17. The summed E-state index contributed by atoms with van der Waals surface area (Å²) in [4.78, 5) is 9.74. The van der Waals surface area contributed by atoms with Crippen LogP contribution in [0.25, 0.3) is 0 Å². The fourth-order valence-electron chi connectivity index (χ4n) is 0.217. The third kappa shape index (κ3) is 3.82. The van der Waals surface area contributed by atoms with Gasteiger partial charge in [-0.05, 0) is 12.2 Å². The van der Waals surface area contributed by atoms with Gasteiger partial charge in [0.1, 0.15) is 6.29 Å². The molecule has 0 aliphatic rings. The molecular weight excluding hydrogens is 110 g/mol. The minimum Gasteiger partial charge on any atom is -0.322 e. The van der Waals surface area contributed by atoms with Crippen molar-refractivity contribution >= 4 is 18.9 Å². The van der Waals surface area contributed by atoms with E-state index in [-0.39, 0.29) is 6.04 Å². The van der Waals surface area contributed by atoms with Gasteiger partial charge in [-0.25, -0.2) is 0 Å². The molecule has 0 aliphatic carbocycles. The second-order valence-corrected chi connectivity index (χ2v) is 1.76. The molecule has 2 nitrogen and oxygen atoms in total. The van der Waals surface area contributed by atoms with E-state index in [2.05, 4.69) is 12.6 Å². The molecule has 1 atom stereocenters. The lowest BCUT2D eigenvalue weighted by atomic mass is 10.3. The van der Waals surface area contributed by atoms with Crippen molar-refractivity contribution in [2.45, 2.75) is 12.5 Å². The first kappa shape index (κ1) is 6.98. The van der Waals surface area contributed by atoms with E-state index in [1.807, 2.05) is 0 Å². The maximum absolute atomic E-state index is 9.74. The Bertz CT molecular complexity index is 57.7. The van der Waals surface area contributed by atoms with E-state index in [1.165, 1.54) is 0 Å². The maximum atomic E-state index is 9.74. The van der Waals surface area contributed by atoms with Crippen LogP contribution in [-0.4, -0.2) is 18.1 Å². The summed E-state index contributed by atoms with van der Waals surface area (Å²) in [6, 6.07) is -0.308. The van der Waals surface area contributed by atoms with Crippen LogP contribution in [0.1, 0.15) is 6.42 Å². The number of thiol groups is 1. The van der Waals surface area contributed by atoms with Crippen LogP contribution in [0.5, 0.6) is 0 Å². The predicted molar refractivity (Wildman–Crippen MR) is 32.5 cm³/mol. The smallest absolute Gasteiger partial charge is 0.136 e. The number of hydrogen-bond acceptors (Lipinski definition) is 3. The van der Waals surface area contributed by atoms with E-state index in [1.54, 1.807) is 0 Å². The van der Waals surface area contributed by atoms with Crippen molar-refractivity contribution < 1.29 is 4.79 Å². The first-order chi connectivity index (χ1) is 3.31.